The topological polar surface area (TPSA) is 49.4 Å². The van der Waals surface area contributed by atoms with Gasteiger partial charge in [0.15, 0.2) is 0 Å². The van der Waals surface area contributed by atoms with Gasteiger partial charge in [0.2, 0.25) is 10.0 Å². The van der Waals surface area contributed by atoms with Crippen LogP contribution in [0.3, 0.4) is 0 Å². The lowest BCUT2D eigenvalue weighted by atomic mass is 10.1. The van der Waals surface area contributed by atoms with Crippen LogP contribution in [0.4, 0.5) is 0 Å². The highest BCUT2D eigenvalue weighted by Gasteiger charge is 2.23. The van der Waals surface area contributed by atoms with Crippen molar-refractivity contribution < 1.29 is 8.42 Å². The molecule has 0 amide bonds. The Morgan fingerprint density at radius 3 is 2.38 bits per heavy atom. The molecule has 0 aromatic heterocycles. The molecule has 0 spiro atoms. The minimum Gasteiger partial charge on any atom is -0.313 e. The monoisotopic (exact) mass is 312 g/mol. The zero-order chi connectivity index (χ0) is 16.0. The molecule has 1 aromatic rings. The molecule has 21 heavy (non-hydrogen) atoms. The zero-order valence-corrected chi connectivity index (χ0v) is 14.7. The highest BCUT2D eigenvalue weighted by atomic mass is 32.2. The van der Waals surface area contributed by atoms with Crippen LogP contribution >= 0.6 is 0 Å². The summed E-state index contributed by atoms with van der Waals surface area (Å²) >= 11 is 0. The maximum absolute atomic E-state index is 12.7. The van der Waals surface area contributed by atoms with Gasteiger partial charge in [0.05, 0.1) is 4.90 Å². The van der Waals surface area contributed by atoms with Crippen LogP contribution in [0.25, 0.3) is 0 Å². The molecular formula is C16H28N2O2S. The van der Waals surface area contributed by atoms with Crippen LogP contribution in [0.1, 0.15) is 43.4 Å². The molecule has 0 saturated heterocycles. The number of hydrogen-bond donors (Lipinski definition) is 1. The molecule has 0 aliphatic heterocycles. The van der Waals surface area contributed by atoms with E-state index in [-0.39, 0.29) is 0 Å². The Kier molecular flexibility index (Phi) is 6.84. The maximum Gasteiger partial charge on any atom is 0.243 e. The van der Waals surface area contributed by atoms with Crippen molar-refractivity contribution in [2.45, 2.75) is 52.0 Å². The minimum atomic E-state index is -3.40. The second kappa shape index (κ2) is 7.92. The van der Waals surface area contributed by atoms with Gasteiger partial charge < -0.3 is 5.32 Å². The van der Waals surface area contributed by atoms with Gasteiger partial charge in [-0.3, -0.25) is 0 Å². The van der Waals surface area contributed by atoms with Gasteiger partial charge in [0.25, 0.3) is 0 Å². The van der Waals surface area contributed by atoms with Crippen LogP contribution < -0.4 is 5.32 Å². The molecule has 0 fully saturated rings. The Hall–Kier alpha value is -0.910. The molecule has 1 rings (SSSR count). The fourth-order valence-corrected chi connectivity index (χ4v) is 3.73. The molecule has 0 aliphatic carbocycles. The van der Waals surface area contributed by atoms with Crippen molar-refractivity contribution in [3.8, 4) is 0 Å². The fraction of sp³-hybridized carbons (Fsp3) is 0.625. The SMILES string of the molecule is CCCCN(C)S(=O)(=O)c1cc(CNCC)c(C)cc1C. The van der Waals surface area contributed by atoms with Gasteiger partial charge in [-0.15, -0.1) is 0 Å². The van der Waals surface area contributed by atoms with Crippen LogP contribution in [0.2, 0.25) is 0 Å². The highest BCUT2D eigenvalue weighted by molar-refractivity contribution is 7.89. The maximum atomic E-state index is 12.7. The Morgan fingerprint density at radius 2 is 1.81 bits per heavy atom. The Labute approximate surface area is 129 Å². The lowest BCUT2D eigenvalue weighted by Crippen LogP contribution is -2.28. The van der Waals surface area contributed by atoms with E-state index in [9.17, 15) is 8.42 Å². The van der Waals surface area contributed by atoms with E-state index in [0.717, 1.165) is 36.1 Å². The third kappa shape index (κ3) is 4.53. The van der Waals surface area contributed by atoms with E-state index in [1.807, 2.05) is 32.9 Å². The van der Waals surface area contributed by atoms with Crippen molar-refractivity contribution in [2.75, 3.05) is 20.1 Å². The first kappa shape index (κ1) is 18.1. The average molecular weight is 312 g/mol. The van der Waals surface area contributed by atoms with Gasteiger partial charge in [-0.25, -0.2) is 12.7 Å². The first-order chi connectivity index (χ1) is 9.84. The van der Waals surface area contributed by atoms with Crippen LogP contribution in [-0.2, 0) is 16.6 Å². The number of aryl methyl sites for hydroxylation is 2. The summed E-state index contributed by atoms with van der Waals surface area (Å²) in [6.07, 6.45) is 1.86. The molecule has 120 valence electrons. The Morgan fingerprint density at radius 1 is 1.14 bits per heavy atom. The smallest absolute Gasteiger partial charge is 0.243 e. The van der Waals surface area contributed by atoms with Gasteiger partial charge in [0.1, 0.15) is 0 Å². The molecule has 0 aliphatic rings. The van der Waals surface area contributed by atoms with E-state index in [1.165, 1.54) is 4.31 Å². The first-order valence-electron chi connectivity index (χ1n) is 7.61. The number of rotatable bonds is 8. The van der Waals surface area contributed by atoms with E-state index < -0.39 is 10.0 Å². The van der Waals surface area contributed by atoms with E-state index in [0.29, 0.717) is 18.0 Å². The van der Waals surface area contributed by atoms with E-state index >= 15 is 0 Å². The molecule has 4 nitrogen and oxygen atoms in total. The van der Waals surface area contributed by atoms with E-state index in [1.54, 1.807) is 7.05 Å². The lowest BCUT2D eigenvalue weighted by molar-refractivity contribution is 0.459. The summed E-state index contributed by atoms with van der Waals surface area (Å²) in [5.74, 6) is 0. The third-order valence-electron chi connectivity index (χ3n) is 3.71. The van der Waals surface area contributed by atoms with Crippen molar-refractivity contribution in [1.82, 2.24) is 9.62 Å². The van der Waals surface area contributed by atoms with Gasteiger partial charge in [-0.1, -0.05) is 26.3 Å². The van der Waals surface area contributed by atoms with Crippen molar-refractivity contribution in [3.05, 3.63) is 28.8 Å². The molecule has 1 N–H and O–H groups in total. The minimum absolute atomic E-state index is 0.430. The second-order valence-electron chi connectivity index (χ2n) is 5.50. The molecule has 0 unspecified atom stereocenters. The summed E-state index contributed by atoms with van der Waals surface area (Å²) < 4.78 is 26.9. The average Bonchev–Trinajstić information content (AvgIpc) is 2.43. The largest absolute Gasteiger partial charge is 0.313 e. The molecule has 1 aromatic carbocycles. The fourth-order valence-electron chi connectivity index (χ4n) is 2.27. The van der Waals surface area contributed by atoms with Gasteiger partial charge in [-0.2, -0.15) is 0 Å². The van der Waals surface area contributed by atoms with Crippen molar-refractivity contribution >= 4 is 10.0 Å². The van der Waals surface area contributed by atoms with Crippen molar-refractivity contribution in [2.24, 2.45) is 0 Å². The number of benzene rings is 1. The number of unbranched alkanes of at least 4 members (excludes halogenated alkanes) is 1. The third-order valence-corrected chi connectivity index (χ3v) is 5.71. The van der Waals surface area contributed by atoms with Gasteiger partial charge in [0, 0.05) is 20.1 Å². The van der Waals surface area contributed by atoms with Crippen molar-refractivity contribution in [3.63, 3.8) is 0 Å². The zero-order valence-electron chi connectivity index (χ0n) is 13.9. The number of nitrogens with zero attached hydrogens (tertiary/aromatic N) is 1. The molecular weight excluding hydrogens is 284 g/mol. The molecule has 0 bridgehead atoms. The number of hydrogen-bond acceptors (Lipinski definition) is 3. The summed E-state index contributed by atoms with van der Waals surface area (Å²) in [4.78, 5) is 0.430. The van der Waals surface area contributed by atoms with Crippen LogP contribution in [0.15, 0.2) is 17.0 Å². The summed E-state index contributed by atoms with van der Waals surface area (Å²) in [6.45, 7) is 10.1. The summed E-state index contributed by atoms with van der Waals surface area (Å²) in [7, 11) is -1.74. The summed E-state index contributed by atoms with van der Waals surface area (Å²) in [6, 6.07) is 3.79. The van der Waals surface area contributed by atoms with Crippen LogP contribution in [0, 0.1) is 13.8 Å². The second-order valence-corrected chi connectivity index (χ2v) is 7.52. The number of sulfonamides is 1. The predicted molar refractivity (Wildman–Crippen MR) is 88.0 cm³/mol. The molecule has 0 radical (unpaired) electrons. The molecule has 5 heteroatoms. The van der Waals surface area contributed by atoms with Crippen molar-refractivity contribution in [1.29, 1.82) is 0 Å². The normalized spacial score (nSPS) is 12.1. The molecule has 0 heterocycles. The Bertz CT molecular complexity index is 568. The molecule has 0 atom stereocenters. The van der Waals surface area contributed by atoms with Gasteiger partial charge >= 0.3 is 0 Å². The van der Waals surface area contributed by atoms with Crippen LogP contribution in [0.5, 0.6) is 0 Å². The van der Waals surface area contributed by atoms with Crippen LogP contribution in [-0.4, -0.2) is 32.9 Å². The predicted octanol–water partition coefficient (Wildman–Crippen LogP) is 2.83. The van der Waals surface area contributed by atoms with E-state index in [4.69, 9.17) is 0 Å². The standard InChI is InChI=1S/C16H28N2O2S/c1-6-8-9-18(5)21(19,20)16-11-15(12-17-7-2)13(3)10-14(16)4/h10-11,17H,6-9,12H2,1-5H3. The quantitative estimate of drug-likeness (QED) is 0.803. The summed E-state index contributed by atoms with van der Waals surface area (Å²) in [5.41, 5.74) is 2.99. The summed E-state index contributed by atoms with van der Waals surface area (Å²) in [5, 5.41) is 3.26. The molecule has 0 saturated carbocycles. The number of nitrogens with one attached hydrogen (secondary N) is 1. The Balaban J connectivity index is 3.16. The van der Waals surface area contributed by atoms with E-state index in [2.05, 4.69) is 12.2 Å². The lowest BCUT2D eigenvalue weighted by Gasteiger charge is -2.20. The highest BCUT2D eigenvalue weighted by Crippen LogP contribution is 2.23. The first-order valence-corrected chi connectivity index (χ1v) is 9.05. The van der Waals surface area contributed by atoms with Gasteiger partial charge in [-0.05, 0) is 49.6 Å².